The van der Waals surface area contributed by atoms with Crippen molar-refractivity contribution < 1.29 is 9.90 Å². The molecule has 0 bridgehead atoms. The first kappa shape index (κ1) is 12.4. The van der Waals surface area contributed by atoms with Crippen LogP contribution in [0.1, 0.15) is 33.6 Å². The lowest BCUT2D eigenvalue weighted by Crippen LogP contribution is -2.35. The molecule has 13 heavy (non-hydrogen) atoms. The normalized spacial score (nSPS) is 13.7. The van der Waals surface area contributed by atoms with Crippen molar-refractivity contribution in [1.82, 2.24) is 4.90 Å². The van der Waals surface area contributed by atoms with E-state index in [-0.39, 0.29) is 12.5 Å². The Kier molecular flexibility index (Phi) is 5.71. The number of hydrogen-bond donors (Lipinski definition) is 1. The van der Waals surface area contributed by atoms with Crippen molar-refractivity contribution in [1.29, 1.82) is 0 Å². The first-order valence-electron chi connectivity index (χ1n) is 4.89. The number of carboxylic acid groups (broad SMARTS) is 1. The van der Waals surface area contributed by atoms with Crippen LogP contribution in [0.15, 0.2) is 0 Å². The van der Waals surface area contributed by atoms with Crippen LogP contribution in [0.2, 0.25) is 0 Å². The average Bonchev–Trinajstić information content (AvgIpc) is 1.98. The summed E-state index contributed by atoms with van der Waals surface area (Å²) in [6.07, 6.45) is 1.15. The molecule has 0 heterocycles. The summed E-state index contributed by atoms with van der Waals surface area (Å²) < 4.78 is 0. The van der Waals surface area contributed by atoms with Gasteiger partial charge in [0, 0.05) is 12.6 Å². The monoisotopic (exact) mass is 187 g/mol. The van der Waals surface area contributed by atoms with E-state index in [1.165, 1.54) is 0 Å². The van der Waals surface area contributed by atoms with Crippen LogP contribution >= 0.6 is 0 Å². The van der Waals surface area contributed by atoms with E-state index in [1.807, 2.05) is 14.0 Å². The second-order valence-electron chi connectivity index (χ2n) is 3.99. The average molecular weight is 187 g/mol. The first-order chi connectivity index (χ1) is 5.97. The minimum Gasteiger partial charge on any atom is -0.481 e. The van der Waals surface area contributed by atoms with Crippen molar-refractivity contribution in [3.63, 3.8) is 0 Å². The third-order valence-corrected chi connectivity index (χ3v) is 2.16. The van der Waals surface area contributed by atoms with Crippen LogP contribution in [0, 0.1) is 5.92 Å². The van der Waals surface area contributed by atoms with Crippen molar-refractivity contribution in [2.45, 2.75) is 39.7 Å². The fourth-order valence-corrected chi connectivity index (χ4v) is 1.54. The molecule has 0 aliphatic rings. The van der Waals surface area contributed by atoms with Crippen molar-refractivity contribution in [2.24, 2.45) is 5.92 Å². The highest BCUT2D eigenvalue weighted by Crippen LogP contribution is 2.08. The fraction of sp³-hybridized carbons (Fsp3) is 0.900. The van der Waals surface area contributed by atoms with Crippen LogP contribution in [-0.4, -0.2) is 35.6 Å². The number of carboxylic acids is 1. The van der Waals surface area contributed by atoms with Crippen LogP contribution in [0.25, 0.3) is 0 Å². The highest BCUT2D eigenvalue weighted by Gasteiger charge is 2.16. The molecule has 1 N–H and O–H groups in total. The number of rotatable bonds is 6. The van der Waals surface area contributed by atoms with E-state index in [0.29, 0.717) is 5.92 Å². The number of carbonyl (C=O) groups is 1. The minimum atomic E-state index is -0.706. The molecular weight excluding hydrogens is 166 g/mol. The number of hydrogen-bond acceptors (Lipinski definition) is 2. The third-order valence-electron chi connectivity index (χ3n) is 2.16. The van der Waals surface area contributed by atoms with E-state index in [2.05, 4.69) is 18.7 Å². The van der Waals surface area contributed by atoms with Crippen LogP contribution in [0.3, 0.4) is 0 Å². The maximum Gasteiger partial charge on any atom is 0.304 e. The van der Waals surface area contributed by atoms with Gasteiger partial charge in [-0.2, -0.15) is 0 Å². The lowest BCUT2D eigenvalue weighted by Gasteiger charge is -2.27. The first-order valence-corrected chi connectivity index (χ1v) is 4.89. The van der Waals surface area contributed by atoms with E-state index in [9.17, 15) is 4.79 Å². The van der Waals surface area contributed by atoms with Gasteiger partial charge in [-0.15, -0.1) is 0 Å². The Morgan fingerprint density at radius 2 is 2.00 bits per heavy atom. The summed E-state index contributed by atoms with van der Waals surface area (Å²) >= 11 is 0. The summed E-state index contributed by atoms with van der Waals surface area (Å²) in [5.41, 5.74) is 0. The summed E-state index contributed by atoms with van der Waals surface area (Å²) in [6.45, 7) is 7.28. The van der Waals surface area contributed by atoms with Gasteiger partial charge in [0.05, 0.1) is 6.42 Å². The molecule has 0 spiro atoms. The topological polar surface area (TPSA) is 40.5 Å². The summed E-state index contributed by atoms with van der Waals surface area (Å²) in [4.78, 5) is 12.7. The molecular formula is C10H21NO2. The Labute approximate surface area is 80.7 Å². The third kappa shape index (κ3) is 5.64. The Morgan fingerprint density at radius 1 is 1.46 bits per heavy atom. The number of nitrogens with zero attached hydrogens (tertiary/aromatic N) is 1. The molecule has 0 amide bonds. The molecule has 3 heteroatoms. The van der Waals surface area contributed by atoms with Gasteiger partial charge in [-0.05, 0) is 19.4 Å². The SMILES string of the molecule is CCC(CC(=O)O)N(C)CC(C)C. The largest absolute Gasteiger partial charge is 0.481 e. The highest BCUT2D eigenvalue weighted by atomic mass is 16.4. The van der Waals surface area contributed by atoms with E-state index in [1.54, 1.807) is 0 Å². The predicted octanol–water partition coefficient (Wildman–Crippen LogP) is 1.83. The Balaban J connectivity index is 3.98. The zero-order chi connectivity index (χ0) is 10.4. The molecule has 1 unspecified atom stereocenters. The molecule has 0 radical (unpaired) electrons. The van der Waals surface area contributed by atoms with E-state index < -0.39 is 5.97 Å². The van der Waals surface area contributed by atoms with Gasteiger partial charge in [-0.25, -0.2) is 0 Å². The molecule has 1 atom stereocenters. The van der Waals surface area contributed by atoms with Gasteiger partial charge in [0.25, 0.3) is 0 Å². The zero-order valence-corrected chi connectivity index (χ0v) is 9.08. The Hall–Kier alpha value is -0.570. The second kappa shape index (κ2) is 5.97. The van der Waals surface area contributed by atoms with Crippen molar-refractivity contribution in [3.8, 4) is 0 Å². The van der Waals surface area contributed by atoms with E-state index >= 15 is 0 Å². The van der Waals surface area contributed by atoms with Crippen LogP contribution in [-0.2, 0) is 4.79 Å². The molecule has 0 saturated heterocycles. The van der Waals surface area contributed by atoms with Crippen LogP contribution in [0.4, 0.5) is 0 Å². The predicted molar refractivity (Wildman–Crippen MR) is 53.8 cm³/mol. The summed E-state index contributed by atoms with van der Waals surface area (Å²) in [6, 6.07) is 0.180. The van der Waals surface area contributed by atoms with Gasteiger partial charge in [0.1, 0.15) is 0 Å². The second-order valence-corrected chi connectivity index (χ2v) is 3.99. The lowest BCUT2D eigenvalue weighted by atomic mass is 10.1. The van der Waals surface area contributed by atoms with E-state index in [0.717, 1.165) is 13.0 Å². The zero-order valence-electron chi connectivity index (χ0n) is 9.08. The molecule has 0 aromatic rings. The molecule has 78 valence electrons. The molecule has 0 fully saturated rings. The smallest absolute Gasteiger partial charge is 0.304 e. The maximum absolute atomic E-state index is 10.5. The van der Waals surface area contributed by atoms with Crippen LogP contribution < -0.4 is 0 Å². The van der Waals surface area contributed by atoms with Gasteiger partial charge in [0.2, 0.25) is 0 Å². The molecule has 0 rings (SSSR count). The maximum atomic E-state index is 10.5. The number of aliphatic carboxylic acids is 1. The van der Waals surface area contributed by atoms with Crippen LogP contribution in [0.5, 0.6) is 0 Å². The van der Waals surface area contributed by atoms with Gasteiger partial charge in [-0.1, -0.05) is 20.8 Å². The summed E-state index contributed by atoms with van der Waals surface area (Å²) in [5.74, 6) is -0.115. The quantitative estimate of drug-likeness (QED) is 0.689. The lowest BCUT2D eigenvalue weighted by molar-refractivity contribution is -0.138. The molecule has 3 nitrogen and oxygen atoms in total. The summed E-state index contributed by atoms with van der Waals surface area (Å²) in [5, 5.41) is 8.67. The minimum absolute atomic E-state index is 0.180. The van der Waals surface area contributed by atoms with Crippen molar-refractivity contribution in [3.05, 3.63) is 0 Å². The molecule has 0 aromatic heterocycles. The summed E-state index contributed by atoms with van der Waals surface area (Å²) in [7, 11) is 2.00. The highest BCUT2D eigenvalue weighted by molar-refractivity contribution is 5.67. The van der Waals surface area contributed by atoms with Gasteiger partial charge >= 0.3 is 5.97 Å². The Morgan fingerprint density at radius 3 is 2.31 bits per heavy atom. The Bertz CT molecular complexity index is 157. The molecule has 0 aliphatic carbocycles. The van der Waals surface area contributed by atoms with Gasteiger partial charge in [-0.3, -0.25) is 4.79 Å². The van der Waals surface area contributed by atoms with Gasteiger partial charge in [0.15, 0.2) is 0 Å². The molecule has 0 saturated carbocycles. The molecule has 0 aromatic carbocycles. The van der Waals surface area contributed by atoms with Gasteiger partial charge < -0.3 is 10.0 Å². The standard InChI is InChI=1S/C10H21NO2/c1-5-9(6-10(12)13)11(4)7-8(2)3/h8-9H,5-7H2,1-4H3,(H,12,13). The van der Waals surface area contributed by atoms with Crippen molar-refractivity contribution >= 4 is 5.97 Å². The van der Waals surface area contributed by atoms with E-state index in [4.69, 9.17) is 5.11 Å². The molecule has 0 aliphatic heterocycles. The fourth-order valence-electron chi connectivity index (χ4n) is 1.54. The van der Waals surface area contributed by atoms with Crippen molar-refractivity contribution in [2.75, 3.05) is 13.6 Å².